The Balaban J connectivity index is 1.42. The highest BCUT2D eigenvalue weighted by Crippen LogP contribution is 2.17. The van der Waals surface area contributed by atoms with E-state index in [0.717, 1.165) is 39.0 Å². The molecule has 1 saturated heterocycles. The average molecular weight is 358 g/mol. The fraction of sp³-hybridized carbons (Fsp3) is 0.600. The summed E-state index contributed by atoms with van der Waals surface area (Å²) in [6, 6.07) is 10.8. The second kappa shape index (κ2) is 9.46. The molecule has 6 nitrogen and oxygen atoms in total. The Morgan fingerprint density at radius 1 is 1.04 bits per heavy atom. The van der Waals surface area contributed by atoms with Crippen molar-refractivity contribution in [1.29, 1.82) is 0 Å². The number of hydrogen-bond acceptors (Lipinski definition) is 3. The number of anilines is 1. The van der Waals surface area contributed by atoms with Crippen molar-refractivity contribution in [2.45, 2.75) is 44.6 Å². The van der Waals surface area contributed by atoms with Crippen molar-refractivity contribution in [3.05, 3.63) is 30.3 Å². The molecule has 3 rings (SSSR count). The van der Waals surface area contributed by atoms with E-state index in [0.29, 0.717) is 12.0 Å². The molecule has 2 aliphatic rings. The molecule has 1 amide bonds. The summed E-state index contributed by atoms with van der Waals surface area (Å²) >= 11 is 0. The van der Waals surface area contributed by atoms with Crippen LogP contribution in [0.2, 0.25) is 0 Å². The van der Waals surface area contributed by atoms with Gasteiger partial charge in [0.25, 0.3) is 0 Å². The van der Waals surface area contributed by atoms with Crippen LogP contribution >= 0.6 is 0 Å². The normalized spacial score (nSPS) is 19.9. The zero-order valence-corrected chi connectivity index (χ0v) is 15.6. The molecule has 0 aromatic heterocycles. The van der Waals surface area contributed by atoms with Gasteiger partial charge in [0.1, 0.15) is 6.54 Å². The fourth-order valence-electron chi connectivity index (χ4n) is 3.78. The van der Waals surface area contributed by atoms with Gasteiger partial charge >= 0.3 is 0 Å². The summed E-state index contributed by atoms with van der Waals surface area (Å²) in [6.07, 6.45) is 7.40. The molecule has 26 heavy (non-hydrogen) atoms. The zero-order chi connectivity index (χ0) is 18.2. The minimum Gasteiger partial charge on any atom is -0.370 e. The molecular weight excluding hydrogens is 326 g/mol. The second-order valence-corrected chi connectivity index (χ2v) is 7.24. The zero-order valence-electron chi connectivity index (χ0n) is 15.6. The lowest BCUT2D eigenvalue weighted by molar-refractivity contribution is -0.129. The third-order valence-corrected chi connectivity index (χ3v) is 5.35. The maximum atomic E-state index is 12.4. The molecule has 6 heteroatoms. The molecule has 0 radical (unpaired) electrons. The average Bonchev–Trinajstić information content (AvgIpc) is 2.95. The molecule has 1 aromatic rings. The van der Waals surface area contributed by atoms with Gasteiger partial charge in [-0.05, 0) is 25.0 Å². The smallest absolute Gasteiger partial charge is 0.244 e. The molecule has 0 unspecified atom stereocenters. The number of carbonyl (C=O) groups is 1. The standard InChI is InChI=1S/C20H31N5O/c21-20(23-17-8-4-1-2-5-9-17)22-16-19(26)25-14-12-24(13-15-25)18-10-6-3-7-11-18/h3,6-7,10-11,17H,1-2,4-5,8-9,12-16H2,(H3,21,22,23). The van der Waals surface area contributed by atoms with Crippen molar-refractivity contribution in [1.82, 2.24) is 10.2 Å². The quantitative estimate of drug-likeness (QED) is 0.491. The molecule has 1 aromatic carbocycles. The van der Waals surface area contributed by atoms with Crippen molar-refractivity contribution in [2.75, 3.05) is 37.6 Å². The van der Waals surface area contributed by atoms with E-state index in [1.54, 1.807) is 0 Å². The number of piperazine rings is 1. The van der Waals surface area contributed by atoms with Crippen LogP contribution in [-0.4, -0.2) is 55.5 Å². The van der Waals surface area contributed by atoms with Crippen molar-refractivity contribution in [3.63, 3.8) is 0 Å². The number of nitrogens with two attached hydrogens (primary N) is 1. The number of hydrogen-bond donors (Lipinski definition) is 2. The highest BCUT2D eigenvalue weighted by Gasteiger charge is 2.21. The maximum Gasteiger partial charge on any atom is 0.244 e. The van der Waals surface area contributed by atoms with E-state index in [-0.39, 0.29) is 12.5 Å². The van der Waals surface area contributed by atoms with Gasteiger partial charge in [0.05, 0.1) is 0 Å². The van der Waals surface area contributed by atoms with E-state index >= 15 is 0 Å². The first-order valence-electron chi connectivity index (χ1n) is 9.86. The van der Waals surface area contributed by atoms with Crippen LogP contribution in [0.25, 0.3) is 0 Å². The van der Waals surface area contributed by atoms with Gasteiger partial charge in [-0.25, -0.2) is 4.99 Å². The lowest BCUT2D eigenvalue weighted by atomic mass is 10.1. The first kappa shape index (κ1) is 18.5. The summed E-state index contributed by atoms with van der Waals surface area (Å²) in [7, 11) is 0. The number of carbonyl (C=O) groups excluding carboxylic acids is 1. The molecule has 1 heterocycles. The van der Waals surface area contributed by atoms with Crippen LogP contribution in [0.4, 0.5) is 5.69 Å². The Morgan fingerprint density at radius 3 is 2.35 bits per heavy atom. The Morgan fingerprint density at radius 2 is 1.69 bits per heavy atom. The van der Waals surface area contributed by atoms with Gasteiger partial charge in [-0.1, -0.05) is 43.9 Å². The van der Waals surface area contributed by atoms with Gasteiger partial charge in [-0.2, -0.15) is 0 Å². The van der Waals surface area contributed by atoms with Crippen molar-refractivity contribution < 1.29 is 4.79 Å². The number of nitrogens with one attached hydrogen (secondary N) is 1. The SMILES string of the molecule is NC(=NCC(=O)N1CCN(c2ccccc2)CC1)NC1CCCCCC1. The van der Waals surface area contributed by atoms with E-state index in [2.05, 4.69) is 27.3 Å². The first-order valence-corrected chi connectivity index (χ1v) is 9.86. The second-order valence-electron chi connectivity index (χ2n) is 7.24. The third kappa shape index (κ3) is 5.38. The van der Waals surface area contributed by atoms with E-state index in [1.165, 1.54) is 31.4 Å². The van der Waals surface area contributed by atoms with Crippen LogP contribution in [0.3, 0.4) is 0 Å². The van der Waals surface area contributed by atoms with Crippen LogP contribution < -0.4 is 16.0 Å². The van der Waals surface area contributed by atoms with E-state index in [1.807, 2.05) is 23.1 Å². The van der Waals surface area contributed by atoms with Crippen LogP contribution in [0.15, 0.2) is 35.3 Å². The summed E-state index contributed by atoms with van der Waals surface area (Å²) in [5.41, 5.74) is 7.21. The lowest BCUT2D eigenvalue weighted by Crippen LogP contribution is -2.49. The van der Waals surface area contributed by atoms with Gasteiger partial charge in [0.2, 0.25) is 5.91 Å². The van der Waals surface area contributed by atoms with Crippen molar-refractivity contribution >= 4 is 17.6 Å². The molecule has 0 spiro atoms. The van der Waals surface area contributed by atoms with Crippen LogP contribution in [0.5, 0.6) is 0 Å². The summed E-state index contributed by atoms with van der Waals surface area (Å²) in [5, 5.41) is 3.29. The summed E-state index contributed by atoms with van der Waals surface area (Å²) in [4.78, 5) is 20.9. The Hall–Kier alpha value is -2.24. The minimum absolute atomic E-state index is 0.0586. The predicted molar refractivity (Wildman–Crippen MR) is 106 cm³/mol. The molecule has 1 aliphatic carbocycles. The number of nitrogens with zero attached hydrogens (tertiary/aromatic N) is 3. The van der Waals surface area contributed by atoms with Gasteiger partial charge in [-0.15, -0.1) is 0 Å². The highest BCUT2D eigenvalue weighted by molar-refractivity contribution is 5.84. The number of rotatable bonds is 4. The summed E-state index contributed by atoms with van der Waals surface area (Å²) in [5.74, 6) is 0.469. The van der Waals surface area contributed by atoms with Gasteiger partial charge in [-0.3, -0.25) is 4.79 Å². The van der Waals surface area contributed by atoms with Crippen LogP contribution in [0.1, 0.15) is 38.5 Å². The lowest BCUT2D eigenvalue weighted by Gasteiger charge is -2.36. The fourth-order valence-corrected chi connectivity index (χ4v) is 3.78. The minimum atomic E-state index is 0.0586. The summed E-state index contributed by atoms with van der Waals surface area (Å²) < 4.78 is 0. The predicted octanol–water partition coefficient (Wildman–Crippen LogP) is 1.96. The van der Waals surface area contributed by atoms with E-state index in [4.69, 9.17) is 5.73 Å². The van der Waals surface area contributed by atoms with Gasteiger partial charge in [0.15, 0.2) is 5.96 Å². The number of para-hydroxylation sites is 1. The molecular formula is C20H31N5O. The molecule has 1 aliphatic heterocycles. The maximum absolute atomic E-state index is 12.4. The monoisotopic (exact) mass is 357 g/mol. The summed E-state index contributed by atoms with van der Waals surface area (Å²) in [6.45, 7) is 3.32. The number of guanidine groups is 1. The number of aliphatic imine (C=N–C) groups is 1. The molecule has 0 bridgehead atoms. The number of benzene rings is 1. The largest absolute Gasteiger partial charge is 0.370 e. The van der Waals surface area contributed by atoms with E-state index in [9.17, 15) is 4.79 Å². The Labute approximate surface area is 156 Å². The highest BCUT2D eigenvalue weighted by atomic mass is 16.2. The van der Waals surface area contributed by atoms with Crippen LogP contribution in [-0.2, 0) is 4.79 Å². The Bertz CT molecular complexity index is 587. The van der Waals surface area contributed by atoms with Crippen molar-refractivity contribution in [2.24, 2.45) is 10.7 Å². The van der Waals surface area contributed by atoms with Crippen LogP contribution in [0, 0.1) is 0 Å². The molecule has 1 saturated carbocycles. The van der Waals surface area contributed by atoms with Gasteiger partial charge in [0, 0.05) is 37.9 Å². The van der Waals surface area contributed by atoms with Gasteiger partial charge < -0.3 is 20.9 Å². The molecule has 3 N–H and O–H groups in total. The van der Waals surface area contributed by atoms with E-state index < -0.39 is 0 Å². The van der Waals surface area contributed by atoms with Crippen molar-refractivity contribution in [3.8, 4) is 0 Å². The number of amides is 1. The third-order valence-electron chi connectivity index (χ3n) is 5.35. The topological polar surface area (TPSA) is 74.0 Å². The Kier molecular flexibility index (Phi) is 6.75. The first-order chi connectivity index (χ1) is 12.7. The molecule has 142 valence electrons. The molecule has 2 fully saturated rings. The molecule has 0 atom stereocenters.